The van der Waals surface area contributed by atoms with Gasteiger partial charge in [-0.15, -0.1) is 0 Å². The Kier molecular flexibility index (Phi) is 68.9. The van der Waals surface area contributed by atoms with E-state index in [2.05, 4.69) is 67.8 Å². The summed E-state index contributed by atoms with van der Waals surface area (Å²) >= 11 is 0. The third kappa shape index (κ3) is 66.7. The third-order valence-electron chi connectivity index (χ3n) is 16.8. The predicted molar refractivity (Wildman–Crippen MR) is 361 cm³/mol. The molecule has 0 aliphatic heterocycles. The number of nitrogens with one attached hydrogen (secondary N) is 1. The molecule has 0 aliphatic carbocycles. The van der Waals surface area contributed by atoms with Crippen molar-refractivity contribution in [3.05, 3.63) is 60.8 Å². The van der Waals surface area contributed by atoms with Gasteiger partial charge in [0.25, 0.3) is 0 Å². The first kappa shape index (κ1) is 79.6. The van der Waals surface area contributed by atoms with Gasteiger partial charge in [0.1, 0.15) is 0 Å². The minimum Gasteiger partial charge on any atom is -0.466 e. The van der Waals surface area contributed by atoms with Gasteiger partial charge in [-0.25, -0.2) is 0 Å². The number of ether oxygens (including phenoxy) is 1. The second kappa shape index (κ2) is 71.0. The van der Waals surface area contributed by atoms with Gasteiger partial charge in [0.05, 0.1) is 25.4 Å². The first-order valence-corrected chi connectivity index (χ1v) is 36.6. The lowest BCUT2D eigenvalue weighted by molar-refractivity contribution is -0.143. The van der Waals surface area contributed by atoms with Crippen LogP contribution in [-0.4, -0.2) is 47.4 Å². The van der Waals surface area contributed by atoms with Gasteiger partial charge in [-0.3, -0.25) is 9.59 Å². The molecule has 480 valence electrons. The lowest BCUT2D eigenvalue weighted by Crippen LogP contribution is -2.45. The van der Waals surface area contributed by atoms with Gasteiger partial charge >= 0.3 is 5.97 Å². The van der Waals surface area contributed by atoms with Crippen molar-refractivity contribution in [1.82, 2.24) is 5.32 Å². The van der Waals surface area contributed by atoms with E-state index in [9.17, 15) is 19.8 Å². The quantitative estimate of drug-likeness (QED) is 0.0320. The van der Waals surface area contributed by atoms with Crippen LogP contribution in [0.3, 0.4) is 0 Å². The average molecular weight is 1150 g/mol. The van der Waals surface area contributed by atoms with Crippen molar-refractivity contribution in [2.75, 3.05) is 13.2 Å². The Balaban J connectivity index is 3.41. The fourth-order valence-electron chi connectivity index (χ4n) is 11.2. The lowest BCUT2D eigenvalue weighted by Gasteiger charge is -2.20. The third-order valence-corrected chi connectivity index (χ3v) is 16.8. The molecule has 0 aromatic carbocycles. The topological polar surface area (TPSA) is 95.9 Å². The summed E-state index contributed by atoms with van der Waals surface area (Å²) in [6.45, 7) is 4.90. The zero-order valence-electron chi connectivity index (χ0n) is 55.0. The normalized spacial score (nSPS) is 12.9. The van der Waals surface area contributed by atoms with Crippen molar-refractivity contribution < 1.29 is 24.5 Å². The SMILES string of the molecule is CCCCC/C=C\C/C=C\CCCCCCCCCC(=O)OCCCCCCCCCCC/C=C\C/C=C\CCCCCCCCCCCCCCCCCC(=O)NC(CO)C(O)/C=C/CCCCCCCCCCCCCCCCC. The lowest BCUT2D eigenvalue weighted by atomic mass is 10.0. The number of allylic oxidation sites excluding steroid dienone is 9. The molecule has 2 atom stereocenters. The molecular formula is C76H141NO5. The van der Waals surface area contributed by atoms with E-state index in [1.54, 1.807) is 6.08 Å². The van der Waals surface area contributed by atoms with Gasteiger partial charge in [-0.05, 0) is 96.3 Å². The van der Waals surface area contributed by atoms with Crippen LogP contribution < -0.4 is 5.32 Å². The first-order chi connectivity index (χ1) is 40.5. The highest BCUT2D eigenvalue weighted by molar-refractivity contribution is 5.76. The molecule has 6 nitrogen and oxygen atoms in total. The Morgan fingerprint density at radius 2 is 0.610 bits per heavy atom. The second-order valence-corrected chi connectivity index (χ2v) is 24.9. The van der Waals surface area contributed by atoms with Crippen molar-refractivity contribution in [2.24, 2.45) is 0 Å². The monoisotopic (exact) mass is 1150 g/mol. The average Bonchev–Trinajstić information content (AvgIpc) is 3.48. The summed E-state index contributed by atoms with van der Waals surface area (Å²) < 4.78 is 5.49. The fourth-order valence-corrected chi connectivity index (χ4v) is 11.2. The van der Waals surface area contributed by atoms with Crippen LogP contribution in [0.15, 0.2) is 60.8 Å². The van der Waals surface area contributed by atoms with Crippen LogP contribution in [0.25, 0.3) is 0 Å². The number of esters is 1. The smallest absolute Gasteiger partial charge is 0.305 e. The van der Waals surface area contributed by atoms with Gasteiger partial charge in [0, 0.05) is 12.8 Å². The van der Waals surface area contributed by atoms with E-state index in [1.165, 1.54) is 302 Å². The molecule has 0 fully saturated rings. The second-order valence-electron chi connectivity index (χ2n) is 24.9. The van der Waals surface area contributed by atoms with Crippen molar-refractivity contribution >= 4 is 11.9 Å². The molecule has 6 heteroatoms. The van der Waals surface area contributed by atoms with Gasteiger partial charge in [-0.1, -0.05) is 338 Å². The Hall–Kier alpha value is -2.44. The van der Waals surface area contributed by atoms with Crippen molar-refractivity contribution in [2.45, 2.75) is 398 Å². The molecule has 0 aromatic rings. The molecule has 3 N–H and O–H groups in total. The van der Waals surface area contributed by atoms with E-state index in [0.29, 0.717) is 19.4 Å². The Morgan fingerprint density at radius 3 is 0.951 bits per heavy atom. The Morgan fingerprint density at radius 1 is 0.341 bits per heavy atom. The summed E-state index contributed by atoms with van der Waals surface area (Å²) in [5.41, 5.74) is 0. The molecule has 0 rings (SSSR count). The number of hydrogen-bond acceptors (Lipinski definition) is 5. The van der Waals surface area contributed by atoms with E-state index in [1.807, 2.05) is 6.08 Å². The van der Waals surface area contributed by atoms with E-state index >= 15 is 0 Å². The molecule has 0 aliphatic rings. The largest absolute Gasteiger partial charge is 0.466 e. The number of aliphatic hydroxyl groups excluding tert-OH is 2. The van der Waals surface area contributed by atoms with Crippen molar-refractivity contribution in [1.29, 1.82) is 0 Å². The Bertz CT molecular complexity index is 1420. The minimum absolute atomic E-state index is 0.00506. The first-order valence-electron chi connectivity index (χ1n) is 36.6. The maximum Gasteiger partial charge on any atom is 0.305 e. The van der Waals surface area contributed by atoms with Crippen LogP contribution in [0.4, 0.5) is 0 Å². The molecule has 0 saturated heterocycles. The van der Waals surface area contributed by atoms with E-state index in [4.69, 9.17) is 4.74 Å². The fraction of sp³-hybridized carbons (Fsp3) is 0.842. The summed E-state index contributed by atoms with van der Waals surface area (Å²) in [7, 11) is 0. The number of carbonyl (C=O) groups excluding carboxylic acids is 2. The number of amides is 1. The maximum absolute atomic E-state index is 12.5. The molecule has 1 amide bonds. The van der Waals surface area contributed by atoms with Crippen LogP contribution in [-0.2, 0) is 14.3 Å². The molecule has 0 heterocycles. The highest BCUT2D eigenvalue weighted by Gasteiger charge is 2.18. The van der Waals surface area contributed by atoms with E-state index in [0.717, 1.165) is 57.8 Å². The minimum atomic E-state index is -0.845. The number of unbranched alkanes of at least 4 members (excludes halogenated alkanes) is 49. The molecule has 0 bridgehead atoms. The summed E-state index contributed by atoms with van der Waals surface area (Å²) in [5.74, 6) is -0.0602. The number of carbonyl (C=O) groups is 2. The van der Waals surface area contributed by atoms with Crippen LogP contribution in [0.1, 0.15) is 386 Å². The maximum atomic E-state index is 12.5. The van der Waals surface area contributed by atoms with Crippen molar-refractivity contribution in [3.63, 3.8) is 0 Å². The zero-order chi connectivity index (χ0) is 59.2. The zero-order valence-corrected chi connectivity index (χ0v) is 55.0. The number of aliphatic hydroxyl groups is 2. The summed E-state index contributed by atoms with van der Waals surface area (Å²) in [6, 6.07) is -0.629. The van der Waals surface area contributed by atoms with Crippen LogP contribution in [0, 0.1) is 0 Å². The molecule has 82 heavy (non-hydrogen) atoms. The van der Waals surface area contributed by atoms with Crippen LogP contribution in [0.2, 0.25) is 0 Å². The van der Waals surface area contributed by atoms with Crippen LogP contribution in [0.5, 0.6) is 0 Å². The molecule has 0 radical (unpaired) electrons. The van der Waals surface area contributed by atoms with Crippen LogP contribution >= 0.6 is 0 Å². The van der Waals surface area contributed by atoms with Crippen molar-refractivity contribution in [3.8, 4) is 0 Å². The summed E-state index contributed by atoms with van der Waals surface area (Å²) in [5, 5.41) is 23.2. The molecule has 2 unspecified atom stereocenters. The van der Waals surface area contributed by atoms with E-state index < -0.39 is 12.1 Å². The molecule has 0 aromatic heterocycles. The van der Waals surface area contributed by atoms with Gasteiger partial charge < -0.3 is 20.3 Å². The Labute approximate surface area is 511 Å². The predicted octanol–water partition coefficient (Wildman–Crippen LogP) is 23.8. The van der Waals surface area contributed by atoms with Gasteiger partial charge in [0.2, 0.25) is 5.91 Å². The number of hydrogen-bond donors (Lipinski definition) is 3. The summed E-state index contributed by atoms with van der Waals surface area (Å²) in [6.07, 6.45) is 94.5. The molecule has 0 spiro atoms. The van der Waals surface area contributed by atoms with E-state index in [-0.39, 0.29) is 18.5 Å². The van der Waals surface area contributed by atoms with Gasteiger partial charge in [0.15, 0.2) is 0 Å². The molecular weight excluding hydrogens is 1010 g/mol. The summed E-state index contributed by atoms with van der Waals surface area (Å²) in [4.78, 5) is 24.6. The highest BCUT2D eigenvalue weighted by atomic mass is 16.5. The van der Waals surface area contributed by atoms with Gasteiger partial charge in [-0.2, -0.15) is 0 Å². The number of rotatable bonds is 68. The standard InChI is InChI=1S/C76H141NO5/c1-3-5-7-9-11-13-15-17-19-36-40-44-48-52-56-60-64-68-74(79)73(72-78)77-75(80)69-65-61-57-53-49-45-41-38-34-32-30-28-26-24-22-21-23-25-27-29-31-33-35-39-43-47-51-55-59-63-67-71-82-76(81)70-66-62-58-54-50-46-42-37-20-18-16-14-12-10-8-6-4-2/h12,14,18,20,23,25,29,31,64,68,73-74,78-79H,3-11,13,15-17,19,21-22,24,26-28,30,32-63,65-67,69-72H2,1-2H3,(H,77,80)/b14-12-,20-18-,25-23-,31-29-,68-64+. The molecule has 0 saturated carbocycles. The highest BCUT2D eigenvalue weighted by Crippen LogP contribution is 2.18.